The molecular formula is C7H19N5O. The van der Waals surface area contributed by atoms with Crippen molar-refractivity contribution in [2.45, 2.75) is 31.8 Å². The van der Waals surface area contributed by atoms with E-state index in [1.807, 2.05) is 25.9 Å². The maximum absolute atomic E-state index is 9.35. The number of hydrogen-bond donors (Lipinski definition) is 5. The van der Waals surface area contributed by atoms with Crippen LogP contribution in [0.2, 0.25) is 0 Å². The maximum atomic E-state index is 9.35. The molecule has 78 valence electrons. The summed E-state index contributed by atoms with van der Waals surface area (Å²) in [5, 5.41) is 18.4. The Hall–Kier alpha value is -0.240. The molecule has 0 aromatic rings. The quantitative estimate of drug-likeness (QED) is 0.317. The maximum Gasteiger partial charge on any atom is 0.122 e. The Morgan fingerprint density at radius 3 is 2.46 bits per heavy atom. The fraction of sp³-hybridized carbons (Fsp3) is 1.00. The topological polar surface area (TPSA) is 85.6 Å². The van der Waals surface area contributed by atoms with Crippen LogP contribution < -0.4 is 21.7 Å². The number of rotatable bonds is 3. The number of hydrogen-bond acceptors (Lipinski definition) is 6. The molecule has 0 aromatic carbocycles. The lowest BCUT2D eigenvalue weighted by molar-refractivity contribution is 0.133. The van der Waals surface area contributed by atoms with Crippen molar-refractivity contribution in [1.29, 1.82) is 0 Å². The zero-order chi connectivity index (χ0) is 10.0. The lowest BCUT2D eigenvalue weighted by atomic mass is 10.3. The van der Waals surface area contributed by atoms with Gasteiger partial charge in [-0.15, -0.1) is 0 Å². The minimum Gasteiger partial charge on any atom is -0.377 e. The van der Waals surface area contributed by atoms with E-state index in [4.69, 9.17) is 5.73 Å². The molecule has 2 unspecified atom stereocenters. The smallest absolute Gasteiger partial charge is 0.122 e. The Morgan fingerprint density at radius 2 is 2.08 bits per heavy atom. The summed E-state index contributed by atoms with van der Waals surface area (Å²) in [6.45, 7) is 1.90. The van der Waals surface area contributed by atoms with E-state index >= 15 is 0 Å². The van der Waals surface area contributed by atoms with Crippen LogP contribution in [0.3, 0.4) is 0 Å². The summed E-state index contributed by atoms with van der Waals surface area (Å²) in [5.74, 6) is 0. The van der Waals surface area contributed by atoms with Gasteiger partial charge in [-0.1, -0.05) is 0 Å². The molecule has 4 atom stereocenters. The molecule has 1 fully saturated rings. The minimum absolute atomic E-state index is 0.0341. The van der Waals surface area contributed by atoms with Gasteiger partial charge >= 0.3 is 0 Å². The molecule has 6 heteroatoms. The molecule has 1 heterocycles. The molecule has 0 aromatic heterocycles. The lowest BCUT2D eigenvalue weighted by Crippen LogP contribution is -2.59. The average Bonchev–Trinajstić information content (AvgIpc) is 2.31. The van der Waals surface area contributed by atoms with E-state index in [0.717, 1.165) is 0 Å². The molecule has 1 saturated heterocycles. The Morgan fingerprint density at radius 1 is 1.46 bits per heavy atom. The summed E-state index contributed by atoms with van der Waals surface area (Å²) in [7, 11) is 3.76. The van der Waals surface area contributed by atoms with E-state index in [9.17, 15) is 5.11 Å². The fourth-order valence-electron chi connectivity index (χ4n) is 1.13. The molecular weight excluding hydrogens is 170 g/mol. The highest BCUT2D eigenvalue weighted by Gasteiger charge is 2.28. The first-order valence-electron chi connectivity index (χ1n) is 4.39. The fourth-order valence-corrected chi connectivity index (χ4v) is 1.13. The van der Waals surface area contributed by atoms with Crippen LogP contribution in [0.4, 0.5) is 0 Å². The van der Waals surface area contributed by atoms with E-state index in [2.05, 4.69) is 16.0 Å². The van der Waals surface area contributed by atoms with Gasteiger partial charge in [0.15, 0.2) is 0 Å². The second-order valence-corrected chi connectivity index (χ2v) is 3.57. The standard InChI is InChI=1S/C7H19N5O/c1-4-5(13)10-7(9-4)11-6(8)12(2)3/h4-7,9-11,13H,8H2,1-3H3/t4-,5?,6-,7?/m1/s1. The predicted molar refractivity (Wildman–Crippen MR) is 50.3 cm³/mol. The summed E-state index contributed by atoms with van der Waals surface area (Å²) in [4.78, 5) is 1.85. The van der Waals surface area contributed by atoms with Crippen LogP contribution in [0.1, 0.15) is 6.92 Å². The zero-order valence-electron chi connectivity index (χ0n) is 8.28. The van der Waals surface area contributed by atoms with E-state index in [-0.39, 0.29) is 18.6 Å². The van der Waals surface area contributed by atoms with Crippen molar-refractivity contribution < 1.29 is 5.11 Å². The monoisotopic (exact) mass is 189 g/mol. The van der Waals surface area contributed by atoms with Gasteiger partial charge in [-0.2, -0.15) is 0 Å². The summed E-state index contributed by atoms with van der Waals surface area (Å²) in [6, 6.07) is 0.0341. The molecule has 0 radical (unpaired) electrons. The summed E-state index contributed by atoms with van der Waals surface area (Å²) >= 11 is 0. The number of nitrogens with zero attached hydrogens (tertiary/aromatic N) is 1. The van der Waals surface area contributed by atoms with Crippen molar-refractivity contribution in [1.82, 2.24) is 20.9 Å². The van der Waals surface area contributed by atoms with Crippen LogP contribution in [0, 0.1) is 0 Å². The van der Waals surface area contributed by atoms with Gasteiger partial charge in [0.2, 0.25) is 0 Å². The summed E-state index contributed by atoms with van der Waals surface area (Å²) in [6.07, 6.45) is -0.892. The van der Waals surface area contributed by atoms with E-state index in [0.29, 0.717) is 0 Å². The highest BCUT2D eigenvalue weighted by atomic mass is 16.3. The van der Waals surface area contributed by atoms with Crippen LogP contribution in [0.15, 0.2) is 0 Å². The van der Waals surface area contributed by atoms with Crippen molar-refractivity contribution in [3.8, 4) is 0 Å². The van der Waals surface area contributed by atoms with Gasteiger partial charge in [0.25, 0.3) is 0 Å². The van der Waals surface area contributed by atoms with Crippen molar-refractivity contribution in [3.63, 3.8) is 0 Å². The SMILES string of the molecule is C[C@H]1NC(N[C@@H](N)N(C)C)NC1O. The van der Waals surface area contributed by atoms with Crippen molar-refractivity contribution in [3.05, 3.63) is 0 Å². The third-order valence-electron chi connectivity index (χ3n) is 2.13. The Kier molecular flexibility index (Phi) is 3.60. The van der Waals surface area contributed by atoms with E-state index < -0.39 is 6.23 Å². The molecule has 1 rings (SSSR count). The molecule has 0 saturated carbocycles. The van der Waals surface area contributed by atoms with Crippen molar-refractivity contribution >= 4 is 0 Å². The van der Waals surface area contributed by atoms with Gasteiger partial charge in [0.05, 0.1) is 0 Å². The van der Waals surface area contributed by atoms with Crippen LogP contribution in [-0.2, 0) is 0 Å². The largest absolute Gasteiger partial charge is 0.377 e. The minimum atomic E-state index is -0.521. The third kappa shape index (κ3) is 2.87. The molecule has 6 N–H and O–H groups in total. The Balaban J connectivity index is 2.31. The average molecular weight is 189 g/mol. The van der Waals surface area contributed by atoms with Crippen molar-refractivity contribution in [2.24, 2.45) is 5.73 Å². The van der Waals surface area contributed by atoms with Crippen LogP contribution >= 0.6 is 0 Å². The van der Waals surface area contributed by atoms with E-state index in [1.54, 1.807) is 0 Å². The lowest BCUT2D eigenvalue weighted by Gasteiger charge is -2.25. The third-order valence-corrected chi connectivity index (χ3v) is 2.13. The molecule has 1 aliphatic rings. The van der Waals surface area contributed by atoms with Gasteiger partial charge in [0.1, 0.15) is 18.8 Å². The number of aliphatic hydroxyl groups excluding tert-OH is 1. The first-order valence-corrected chi connectivity index (χ1v) is 4.39. The molecule has 6 nitrogen and oxygen atoms in total. The van der Waals surface area contributed by atoms with Crippen molar-refractivity contribution in [2.75, 3.05) is 14.1 Å². The first kappa shape index (κ1) is 10.8. The zero-order valence-corrected chi connectivity index (χ0v) is 8.28. The van der Waals surface area contributed by atoms with Gasteiger partial charge in [-0.05, 0) is 21.0 Å². The van der Waals surface area contributed by atoms with E-state index in [1.165, 1.54) is 0 Å². The first-order chi connectivity index (χ1) is 6.00. The van der Waals surface area contributed by atoms with Gasteiger partial charge in [0, 0.05) is 6.04 Å². The van der Waals surface area contributed by atoms with Gasteiger partial charge in [-0.25, -0.2) is 0 Å². The molecule has 1 aliphatic heterocycles. The number of aliphatic hydroxyl groups is 1. The Bertz CT molecular complexity index is 155. The predicted octanol–water partition coefficient (Wildman–Crippen LogP) is -2.44. The molecule has 0 amide bonds. The van der Waals surface area contributed by atoms with Crippen LogP contribution in [0.25, 0.3) is 0 Å². The number of nitrogens with one attached hydrogen (secondary N) is 3. The second-order valence-electron chi connectivity index (χ2n) is 3.57. The highest BCUT2D eigenvalue weighted by molar-refractivity contribution is 4.83. The summed E-state index contributed by atoms with van der Waals surface area (Å²) in [5.41, 5.74) is 5.74. The number of nitrogens with two attached hydrogens (primary N) is 1. The summed E-state index contributed by atoms with van der Waals surface area (Å²) < 4.78 is 0. The van der Waals surface area contributed by atoms with Gasteiger partial charge < -0.3 is 10.8 Å². The molecule has 0 aliphatic carbocycles. The van der Waals surface area contributed by atoms with Gasteiger partial charge in [-0.3, -0.25) is 20.9 Å². The van der Waals surface area contributed by atoms with Crippen LogP contribution in [-0.4, -0.2) is 49.0 Å². The molecule has 13 heavy (non-hydrogen) atoms. The van der Waals surface area contributed by atoms with Crippen LogP contribution in [0.5, 0.6) is 0 Å². The highest BCUT2D eigenvalue weighted by Crippen LogP contribution is 1.98. The normalized spacial score (nSPS) is 36.9. The second kappa shape index (κ2) is 4.32. The molecule has 0 spiro atoms. The molecule has 0 bridgehead atoms. The Labute approximate surface area is 78.5 Å².